The fourth-order valence-electron chi connectivity index (χ4n) is 1.33. The van der Waals surface area contributed by atoms with Gasteiger partial charge in [0.1, 0.15) is 12.4 Å². The van der Waals surface area contributed by atoms with Crippen LogP contribution in [0.5, 0.6) is 0 Å². The molecule has 1 N–H and O–H groups in total. The summed E-state index contributed by atoms with van der Waals surface area (Å²) in [6, 6.07) is 5.47. The standard InChI is InChI=1S/C11H12N4O/c1-9-3-5-12-10(7-9)14-11(16)8-15-6-2-4-13-15/h2-7H,8H2,1H3,(H,12,14,16). The normalized spacial score (nSPS) is 10.1. The second-order valence-corrected chi connectivity index (χ2v) is 3.47. The molecule has 0 atom stereocenters. The fraction of sp³-hybridized carbons (Fsp3) is 0.182. The summed E-state index contributed by atoms with van der Waals surface area (Å²) in [5, 5.41) is 6.66. The molecule has 2 aromatic rings. The SMILES string of the molecule is Cc1ccnc(NC(=O)Cn2cccn2)c1. The first-order valence-corrected chi connectivity index (χ1v) is 4.94. The lowest BCUT2D eigenvalue weighted by molar-refractivity contribution is -0.116. The number of aryl methyl sites for hydroxylation is 1. The van der Waals surface area contributed by atoms with Gasteiger partial charge in [-0.2, -0.15) is 5.10 Å². The molecule has 5 heteroatoms. The van der Waals surface area contributed by atoms with Crippen molar-refractivity contribution in [2.24, 2.45) is 0 Å². The van der Waals surface area contributed by atoms with E-state index in [4.69, 9.17) is 0 Å². The van der Waals surface area contributed by atoms with Crippen molar-refractivity contribution in [3.63, 3.8) is 0 Å². The molecule has 0 aliphatic rings. The lowest BCUT2D eigenvalue weighted by Crippen LogP contribution is -2.19. The minimum atomic E-state index is -0.137. The average Bonchev–Trinajstić information content (AvgIpc) is 2.70. The molecule has 0 radical (unpaired) electrons. The molecule has 0 bridgehead atoms. The van der Waals surface area contributed by atoms with Crippen molar-refractivity contribution in [1.82, 2.24) is 14.8 Å². The van der Waals surface area contributed by atoms with Crippen LogP contribution in [0.3, 0.4) is 0 Å². The summed E-state index contributed by atoms with van der Waals surface area (Å²) in [7, 11) is 0. The zero-order valence-corrected chi connectivity index (χ0v) is 8.92. The van der Waals surface area contributed by atoms with Gasteiger partial charge in [0.05, 0.1) is 0 Å². The molecule has 82 valence electrons. The van der Waals surface area contributed by atoms with E-state index >= 15 is 0 Å². The molecule has 5 nitrogen and oxygen atoms in total. The predicted molar refractivity (Wildman–Crippen MR) is 59.8 cm³/mol. The second kappa shape index (κ2) is 4.57. The Balaban J connectivity index is 1.97. The summed E-state index contributed by atoms with van der Waals surface area (Å²) in [4.78, 5) is 15.6. The van der Waals surface area contributed by atoms with Crippen molar-refractivity contribution in [3.05, 3.63) is 42.4 Å². The number of hydrogen-bond donors (Lipinski definition) is 1. The van der Waals surface area contributed by atoms with Gasteiger partial charge in [-0.25, -0.2) is 4.98 Å². The highest BCUT2D eigenvalue weighted by molar-refractivity contribution is 5.89. The van der Waals surface area contributed by atoms with Gasteiger partial charge in [0, 0.05) is 18.6 Å². The van der Waals surface area contributed by atoms with Crippen molar-refractivity contribution >= 4 is 11.7 Å². The number of carbonyl (C=O) groups excluding carboxylic acids is 1. The van der Waals surface area contributed by atoms with E-state index in [9.17, 15) is 4.79 Å². The van der Waals surface area contributed by atoms with Crippen LogP contribution in [-0.2, 0) is 11.3 Å². The van der Waals surface area contributed by atoms with Crippen molar-refractivity contribution in [2.75, 3.05) is 5.32 Å². The van der Waals surface area contributed by atoms with Crippen LogP contribution in [0.2, 0.25) is 0 Å². The Morgan fingerprint density at radius 1 is 1.50 bits per heavy atom. The number of pyridine rings is 1. The van der Waals surface area contributed by atoms with Crippen LogP contribution in [0.25, 0.3) is 0 Å². The van der Waals surface area contributed by atoms with Gasteiger partial charge in [0.2, 0.25) is 5.91 Å². The number of rotatable bonds is 3. The third kappa shape index (κ3) is 2.66. The topological polar surface area (TPSA) is 59.8 Å². The highest BCUT2D eigenvalue weighted by atomic mass is 16.2. The lowest BCUT2D eigenvalue weighted by atomic mass is 10.3. The van der Waals surface area contributed by atoms with Crippen LogP contribution in [0, 0.1) is 6.92 Å². The van der Waals surface area contributed by atoms with Crippen LogP contribution in [0.1, 0.15) is 5.56 Å². The minimum Gasteiger partial charge on any atom is -0.309 e. The first-order valence-electron chi connectivity index (χ1n) is 4.94. The van der Waals surface area contributed by atoms with E-state index in [0.29, 0.717) is 5.82 Å². The molecule has 0 unspecified atom stereocenters. The number of carbonyl (C=O) groups is 1. The first kappa shape index (κ1) is 10.4. The molecule has 0 saturated carbocycles. The molecule has 0 aliphatic carbocycles. The van der Waals surface area contributed by atoms with Crippen LogP contribution >= 0.6 is 0 Å². The summed E-state index contributed by atoms with van der Waals surface area (Å²) < 4.78 is 1.56. The van der Waals surface area contributed by atoms with Gasteiger partial charge in [-0.05, 0) is 30.7 Å². The van der Waals surface area contributed by atoms with Gasteiger partial charge in [0.15, 0.2) is 0 Å². The van der Waals surface area contributed by atoms with E-state index in [2.05, 4.69) is 15.4 Å². The Morgan fingerprint density at radius 2 is 2.38 bits per heavy atom. The smallest absolute Gasteiger partial charge is 0.247 e. The highest BCUT2D eigenvalue weighted by Gasteiger charge is 2.04. The maximum atomic E-state index is 11.6. The Bertz CT molecular complexity index is 478. The van der Waals surface area contributed by atoms with Crippen LogP contribution in [0.15, 0.2) is 36.8 Å². The molecule has 16 heavy (non-hydrogen) atoms. The molecule has 0 aliphatic heterocycles. The maximum Gasteiger partial charge on any atom is 0.247 e. The molecular formula is C11H12N4O. The minimum absolute atomic E-state index is 0.137. The van der Waals surface area contributed by atoms with Gasteiger partial charge in [-0.3, -0.25) is 9.48 Å². The largest absolute Gasteiger partial charge is 0.309 e. The first-order chi connectivity index (χ1) is 7.74. The zero-order chi connectivity index (χ0) is 11.4. The van der Waals surface area contributed by atoms with E-state index in [1.807, 2.05) is 19.1 Å². The molecule has 2 heterocycles. The van der Waals surface area contributed by atoms with Gasteiger partial charge in [-0.1, -0.05) is 0 Å². The van der Waals surface area contributed by atoms with Crippen LogP contribution in [0.4, 0.5) is 5.82 Å². The molecule has 0 aromatic carbocycles. The average molecular weight is 216 g/mol. The van der Waals surface area contributed by atoms with E-state index in [1.54, 1.807) is 29.3 Å². The molecule has 0 saturated heterocycles. The molecule has 2 aromatic heterocycles. The van der Waals surface area contributed by atoms with Crippen LogP contribution in [-0.4, -0.2) is 20.7 Å². The highest BCUT2D eigenvalue weighted by Crippen LogP contribution is 2.05. The maximum absolute atomic E-state index is 11.6. The van der Waals surface area contributed by atoms with E-state index in [0.717, 1.165) is 5.56 Å². The third-order valence-corrected chi connectivity index (χ3v) is 2.05. The lowest BCUT2D eigenvalue weighted by Gasteiger charge is -2.04. The summed E-state index contributed by atoms with van der Waals surface area (Å²) in [6.07, 6.45) is 5.04. The number of amides is 1. The predicted octanol–water partition coefficient (Wildman–Crippen LogP) is 1.23. The van der Waals surface area contributed by atoms with Crippen molar-refractivity contribution in [3.8, 4) is 0 Å². The Kier molecular flexibility index (Phi) is 2.95. The molecule has 2 rings (SSSR count). The number of hydrogen-bond acceptors (Lipinski definition) is 3. The quantitative estimate of drug-likeness (QED) is 0.839. The molecule has 0 fully saturated rings. The number of nitrogens with one attached hydrogen (secondary N) is 1. The molecule has 1 amide bonds. The Morgan fingerprint density at radius 3 is 3.06 bits per heavy atom. The van der Waals surface area contributed by atoms with Crippen molar-refractivity contribution < 1.29 is 4.79 Å². The number of aromatic nitrogens is 3. The van der Waals surface area contributed by atoms with Crippen molar-refractivity contribution in [1.29, 1.82) is 0 Å². The fourth-order valence-corrected chi connectivity index (χ4v) is 1.33. The zero-order valence-electron chi connectivity index (χ0n) is 8.92. The van der Waals surface area contributed by atoms with Gasteiger partial charge in [-0.15, -0.1) is 0 Å². The number of anilines is 1. The third-order valence-electron chi connectivity index (χ3n) is 2.05. The molecule has 0 spiro atoms. The summed E-state index contributed by atoms with van der Waals surface area (Å²) >= 11 is 0. The second-order valence-electron chi connectivity index (χ2n) is 3.47. The van der Waals surface area contributed by atoms with Crippen molar-refractivity contribution in [2.45, 2.75) is 13.5 Å². The molecular weight excluding hydrogens is 204 g/mol. The monoisotopic (exact) mass is 216 g/mol. The van der Waals surface area contributed by atoms with Gasteiger partial charge < -0.3 is 5.32 Å². The van der Waals surface area contributed by atoms with E-state index in [1.165, 1.54) is 0 Å². The summed E-state index contributed by atoms with van der Waals surface area (Å²) in [6.45, 7) is 2.15. The summed E-state index contributed by atoms with van der Waals surface area (Å²) in [5.74, 6) is 0.430. The summed E-state index contributed by atoms with van der Waals surface area (Å²) in [5.41, 5.74) is 1.06. The van der Waals surface area contributed by atoms with Gasteiger partial charge in [0.25, 0.3) is 0 Å². The van der Waals surface area contributed by atoms with E-state index in [-0.39, 0.29) is 12.5 Å². The van der Waals surface area contributed by atoms with Crippen LogP contribution < -0.4 is 5.32 Å². The Labute approximate surface area is 93.1 Å². The van der Waals surface area contributed by atoms with Gasteiger partial charge >= 0.3 is 0 Å². The van der Waals surface area contributed by atoms with E-state index < -0.39 is 0 Å². The number of nitrogens with zero attached hydrogens (tertiary/aromatic N) is 3. The Hall–Kier alpha value is -2.17.